The lowest BCUT2D eigenvalue weighted by atomic mass is 10.2. The van der Waals surface area contributed by atoms with Crippen LogP contribution in [0.15, 0.2) is 35.7 Å². The van der Waals surface area contributed by atoms with E-state index in [0.29, 0.717) is 0 Å². The molecular formula is C20H27N3O2S. The topological polar surface area (TPSA) is 54.5 Å². The van der Waals surface area contributed by atoms with E-state index < -0.39 is 5.60 Å². The van der Waals surface area contributed by atoms with Crippen molar-refractivity contribution >= 4 is 17.4 Å². The summed E-state index contributed by atoms with van der Waals surface area (Å²) in [5.74, 6) is 0. The number of carbonyl (C=O) groups is 1. The van der Waals surface area contributed by atoms with Crippen molar-refractivity contribution in [3.8, 4) is 11.3 Å². The van der Waals surface area contributed by atoms with Crippen molar-refractivity contribution in [1.82, 2.24) is 15.2 Å². The van der Waals surface area contributed by atoms with Crippen LogP contribution < -0.4 is 5.32 Å². The maximum atomic E-state index is 12.3. The summed E-state index contributed by atoms with van der Waals surface area (Å²) in [5.41, 5.74) is 1.71. The summed E-state index contributed by atoms with van der Waals surface area (Å²) in [6.07, 6.45) is 1.84. The highest BCUT2D eigenvalue weighted by molar-refractivity contribution is 7.09. The van der Waals surface area contributed by atoms with E-state index in [4.69, 9.17) is 9.72 Å². The number of nitrogens with one attached hydrogen (secondary N) is 1. The van der Waals surface area contributed by atoms with E-state index in [1.807, 2.05) is 43.9 Å². The zero-order valence-electron chi connectivity index (χ0n) is 15.7. The molecule has 0 aliphatic carbocycles. The average molecular weight is 374 g/mol. The first kappa shape index (κ1) is 18.9. The summed E-state index contributed by atoms with van der Waals surface area (Å²) < 4.78 is 5.52. The fourth-order valence-electron chi connectivity index (χ4n) is 3.09. The highest BCUT2D eigenvalue weighted by Gasteiger charge is 2.31. The molecule has 1 aliphatic heterocycles. The lowest BCUT2D eigenvalue weighted by Gasteiger charge is -2.28. The molecule has 5 nitrogen and oxygen atoms in total. The van der Waals surface area contributed by atoms with E-state index in [1.165, 1.54) is 0 Å². The molecule has 3 rings (SSSR count). The van der Waals surface area contributed by atoms with Crippen molar-refractivity contribution in [2.75, 3.05) is 13.1 Å². The van der Waals surface area contributed by atoms with Gasteiger partial charge in [-0.25, -0.2) is 9.78 Å². The summed E-state index contributed by atoms with van der Waals surface area (Å²) in [5, 5.41) is 6.61. The number of rotatable bonds is 5. The van der Waals surface area contributed by atoms with Crippen molar-refractivity contribution in [2.24, 2.45) is 0 Å². The van der Waals surface area contributed by atoms with Crippen molar-refractivity contribution in [3.63, 3.8) is 0 Å². The highest BCUT2D eigenvalue weighted by Crippen LogP contribution is 2.22. The van der Waals surface area contributed by atoms with Crippen LogP contribution in [0, 0.1) is 0 Å². The molecule has 0 unspecified atom stereocenters. The quantitative estimate of drug-likeness (QED) is 0.849. The van der Waals surface area contributed by atoms with Crippen LogP contribution >= 0.6 is 11.3 Å². The fraction of sp³-hybridized carbons (Fsp3) is 0.500. The van der Waals surface area contributed by atoms with Crippen LogP contribution in [0.1, 0.15) is 38.6 Å². The van der Waals surface area contributed by atoms with Gasteiger partial charge in [-0.1, -0.05) is 30.3 Å². The van der Waals surface area contributed by atoms with Gasteiger partial charge in [0.05, 0.1) is 5.69 Å². The smallest absolute Gasteiger partial charge is 0.410 e. The number of hydrogen-bond acceptors (Lipinski definition) is 5. The van der Waals surface area contributed by atoms with Crippen LogP contribution in [-0.4, -0.2) is 40.7 Å². The van der Waals surface area contributed by atoms with E-state index in [1.54, 1.807) is 11.3 Å². The van der Waals surface area contributed by atoms with E-state index in [-0.39, 0.29) is 12.1 Å². The van der Waals surface area contributed by atoms with Crippen molar-refractivity contribution in [3.05, 3.63) is 40.7 Å². The minimum absolute atomic E-state index is 0.193. The molecule has 2 heterocycles. The van der Waals surface area contributed by atoms with Gasteiger partial charge in [-0.3, -0.25) is 0 Å². The highest BCUT2D eigenvalue weighted by atomic mass is 32.1. The normalized spacial score (nSPS) is 17.5. The summed E-state index contributed by atoms with van der Waals surface area (Å²) in [6, 6.07) is 10.4. The van der Waals surface area contributed by atoms with Gasteiger partial charge in [0, 0.05) is 36.6 Å². The molecule has 0 saturated carbocycles. The van der Waals surface area contributed by atoms with Gasteiger partial charge in [-0.2, -0.15) is 0 Å². The average Bonchev–Trinajstić information content (AvgIpc) is 3.24. The number of ether oxygens (including phenoxy) is 1. The Balaban J connectivity index is 1.50. The van der Waals surface area contributed by atoms with Crippen LogP contribution in [0.25, 0.3) is 11.3 Å². The van der Waals surface area contributed by atoms with Gasteiger partial charge < -0.3 is 15.0 Å². The van der Waals surface area contributed by atoms with Crippen LogP contribution in [-0.2, 0) is 11.3 Å². The molecule has 0 radical (unpaired) electrons. The number of carbonyl (C=O) groups excluding carboxylic acids is 1. The third kappa shape index (κ3) is 5.05. The van der Waals surface area contributed by atoms with Crippen LogP contribution in [0.3, 0.4) is 0 Å². The van der Waals surface area contributed by atoms with Gasteiger partial charge in [-0.05, 0) is 33.6 Å². The van der Waals surface area contributed by atoms with Crippen LogP contribution in [0.4, 0.5) is 4.79 Å². The predicted molar refractivity (Wildman–Crippen MR) is 105 cm³/mol. The molecule has 1 amide bonds. The summed E-state index contributed by atoms with van der Waals surface area (Å²) in [7, 11) is 0. The lowest BCUT2D eigenvalue weighted by Crippen LogP contribution is -2.44. The number of aromatic nitrogens is 1. The molecule has 0 spiro atoms. The maximum Gasteiger partial charge on any atom is 0.410 e. The first-order valence-electron chi connectivity index (χ1n) is 9.12. The number of thiazole rings is 1. The number of amides is 1. The second-order valence-electron chi connectivity index (χ2n) is 7.59. The van der Waals surface area contributed by atoms with E-state index in [2.05, 4.69) is 22.8 Å². The standard InChI is InChI=1S/C20H27N3O2S/c1-20(2,3)25-19(24)23-11-7-10-16(23)12-21-13-18-22-17(14-26-18)15-8-5-4-6-9-15/h4-6,8-9,14,16,21H,7,10-13H2,1-3H3/t16-/m0/s1. The molecule has 1 aliphatic rings. The Morgan fingerprint density at radius 3 is 2.85 bits per heavy atom. The van der Waals surface area contributed by atoms with Gasteiger partial charge in [0.15, 0.2) is 0 Å². The molecule has 1 aromatic heterocycles. The van der Waals surface area contributed by atoms with Crippen LogP contribution in [0.2, 0.25) is 0 Å². The molecule has 140 valence electrons. The molecule has 26 heavy (non-hydrogen) atoms. The van der Waals surface area contributed by atoms with Crippen molar-refractivity contribution in [1.29, 1.82) is 0 Å². The van der Waals surface area contributed by atoms with Crippen LogP contribution in [0.5, 0.6) is 0 Å². The third-order valence-electron chi connectivity index (χ3n) is 4.28. The zero-order chi connectivity index (χ0) is 18.6. The Kier molecular flexibility index (Phi) is 5.94. The third-order valence-corrected chi connectivity index (χ3v) is 5.13. The molecule has 1 N–H and O–H groups in total. The van der Waals surface area contributed by atoms with E-state index >= 15 is 0 Å². The second kappa shape index (κ2) is 8.18. The minimum atomic E-state index is -0.452. The molecule has 1 aromatic carbocycles. The minimum Gasteiger partial charge on any atom is -0.444 e. The van der Waals surface area contributed by atoms with Gasteiger partial charge in [0.25, 0.3) is 0 Å². The molecule has 0 bridgehead atoms. The first-order chi connectivity index (χ1) is 12.4. The van der Waals surface area contributed by atoms with E-state index in [9.17, 15) is 4.79 Å². The van der Waals surface area contributed by atoms with Gasteiger partial charge >= 0.3 is 6.09 Å². The summed E-state index contributed by atoms with van der Waals surface area (Å²) >= 11 is 1.66. The van der Waals surface area contributed by atoms with E-state index in [0.717, 1.165) is 48.7 Å². The Hall–Kier alpha value is -1.92. The molecule has 2 aromatic rings. The number of likely N-dealkylation sites (tertiary alicyclic amines) is 1. The Morgan fingerprint density at radius 1 is 1.35 bits per heavy atom. The monoisotopic (exact) mass is 373 g/mol. The molecule has 1 fully saturated rings. The number of hydrogen-bond donors (Lipinski definition) is 1. The van der Waals surface area contributed by atoms with Gasteiger partial charge in [0.2, 0.25) is 0 Å². The molecule has 6 heteroatoms. The number of nitrogens with zero attached hydrogens (tertiary/aromatic N) is 2. The summed E-state index contributed by atoms with van der Waals surface area (Å²) in [6.45, 7) is 7.97. The Morgan fingerprint density at radius 2 is 2.12 bits per heavy atom. The maximum absolute atomic E-state index is 12.3. The molecular weight excluding hydrogens is 346 g/mol. The van der Waals surface area contributed by atoms with Crippen molar-refractivity contribution in [2.45, 2.75) is 51.8 Å². The zero-order valence-corrected chi connectivity index (χ0v) is 16.5. The van der Waals surface area contributed by atoms with Crippen molar-refractivity contribution < 1.29 is 9.53 Å². The predicted octanol–water partition coefficient (Wildman–Crippen LogP) is 4.30. The fourth-order valence-corrected chi connectivity index (χ4v) is 3.86. The molecule has 1 atom stereocenters. The molecule has 1 saturated heterocycles. The largest absolute Gasteiger partial charge is 0.444 e. The lowest BCUT2D eigenvalue weighted by molar-refractivity contribution is 0.0226. The summed E-state index contributed by atoms with van der Waals surface area (Å²) in [4.78, 5) is 18.9. The SMILES string of the molecule is CC(C)(C)OC(=O)N1CCC[C@H]1CNCc1nc(-c2ccccc2)cs1. The number of benzene rings is 1. The second-order valence-corrected chi connectivity index (χ2v) is 8.54. The van der Waals surface area contributed by atoms with Gasteiger partial charge in [-0.15, -0.1) is 11.3 Å². The van der Waals surface area contributed by atoms with Gasteiger partial charge in [0.1, 0.15) is 10.6 Å². The Labute approximate surface area is 159 Å². The first-order valence-corrected chi connectivity index (χ1v) is 10.0. The Bertz CT molecular complexity index is 724.